The first-order valence-electron chi connectivity index (χ1n) is 8.41. The van der Waals surface area contributed by atoms with Crippen LogP contribution < -0.4 is 0 Å². The average molecular weight is 343 g/mol. The van der Waals surface area contributed by atoms with Crippen molar-refractivity contribution in [1.82, 2.24) is 14.7 Å². The number of amides is 1. The Kier molecular flexibility index (Phi) is 5.62. The van der Waals surface area contributed by atoms with Crippen molar-refractivity contribution in [2.24, 2.45) is 0 Å². The molecule has 6 nitrogen and oxygen atoms in total. The van der Waals surface area contributed by atoms with Crippen LogP contribution in [0.25, 0.3) is 5.69 Å². The Labute approximate surface area is 148 Å². The number of benzene rings is 1. The van der Waals surface area contributed by atoms with Gasteiger partial charge in [0, 0.05) is 6.04 Å². The fourth-order valence-electron chi connectivity index (χ4n) is 2.76. The Hall–Kier alpha value is -2.63. The molecule has 2 aromatic rings. The van der Waals surface area contributed by atoms with E-state index >= 15 is 0 Å². The maximum Gasteiger partial charge on any atom is 0.323 e. The molecule has 0 radical (unpaired) electrons. The number of hydrogen-bond acceptors (Lipinski definition) is 3. The standard InChI is InChI=1S/C19H25N3O3/c1-6-14(4)21(11-18(23)24)19(25)16-10-20-22(15(16)5)17-9-12(2)7-8-13(17)3/h7-10,14H,6,11H2,1-5H3,(H,23,24). The third-order valence-corrected chi connectivity index (χ3v) is 4.52. The highest BCUT2D eigenvalue weighted by molar-refractivity contribution is 5.97. The minimum Gasteiger partial charge on any atom is -0.480 e. The van der Waals surface area contributed by atoms with Gasteiger partial charge in [-0.2, -0.15) is 5.10 Å². The van der Waals surface area contributed by atoms with Gasteiger partial charge in [0.25, 0.3) is 5.91 Å². The number of aromatic nitrogens is 2. The molecule has 1 aromatic carbocycles. The number of carboxylic acids is 1. The summed E-state index contributed by atoms with van der Waals surface area (Å²) in [4.78, 5) is 25.4. The van der Waals surface area contributed by atoms with Gasteiger partial charge in [-0.15, -0.1) is 0 Å². The van der Waals surface area contributed by atoms with Crippen molar-refractivity contribution < 1.29 is 14.7 Å². The highest BCUT2D eigenvalue weighted by atomic mass is 16.4. The highest BCUT2D eigenvalue weighted by Gasteiger charge is 2.26. The van der Waals surface area contributed by atoms with Crippen LogP contribution in [-0.4, -0.2) is 44.3 Å². The molecule has 1 N–H and O–H groups in total. The molecule has 1 heterocycles. The van der Waals surface area contributed by atoms with Gasteiger partial charge in [-0.25, -0.2) is 4.68 Å². The van der Waals surface area contributed by atoms with Gasteiger partial charge in [0.15, 0.2) is 0 Å². The fourth-order valence-corrected chi connectivity index (χ4v) is 2.76. The van der Waals surface area contributed by atoms with Crippen LogP contribution in [0.5, 0.6) is 0 Å². The molecule has 0 saturated heterocycles. The van der Waals surface area contributed by atoms with Gasteiger partial charge in [-0.1, -0.05) is 19.1 Å². The van der Waals surface area contributed by atoms with E-state index < -0.39 is 5.97 Å². The molecule has 1 atom stereocenters. The first-order valence-corrected chi connectivity index (χ1v) is 8.41. The smallest absolute Gasteiger partial charge is 0.323 e. The summed E-state index contributed by atoms with van der Waals surface area (Å²) in [6.45, 7) is 9.29. The molecule has 0 spiro atoms. The molecule has 0 aliphatic heterocycles. The van der Waals surface area contributed by atoms with Gasteiger partial charge in [0.05, 0.1) is 23.1 Å². The minimum atomic E-state index is -1.02. The van der Waals surface area contributed by atoms with Gasteiger partial charge in [0.2, 0.25) is 0 Å². The second-order valence-electron chi connectivity index (χ2n) is 6.43. The topological polar surface area (TPSA) is 75.4 Å². The van der Waals surface area contributed by atoms with Crippen LogP contribution in [0.15, 0.2) is 24.4 Å². The SMILES string of the molecule is CCC(C)N(CC(=O)O)C(=O)c1cnn(-c2cc(C)ccc2C)c1C. The monoisotopic (exact) mass is 343 g/mol. The van der Waals surface area contributed by atoms with E-state index in [9.17, 15) is 9.59 Å². The zero-order valence-electron chi connectivity index (χ0n) is 15.4. The zero-order chi connectivity index (χ0) is 18.7. The van der Waals surface area contributed by atoms with E-state index in [2.05, 4.69) is 5.10 Å². The van der Waals surface area contributed by atoms with Gasteiger partial charge >= 0.3 is 5.97 Å². The Bertz CT molecular complexity index is 795. The van der Waals surface area contributed by atoms with E-state index in [0.717, 1.165) is 16.8 Å². The van der Waals surface area contributed by atoms with Crippen LogP contribution in [0.2, 0.25) is 0 Å². The van der Waals surface area contributed by atoms with Crippen molar-refractivity contribution in [3.8, 4) is 5.69 Å². The van der Waals surface area contributed by atoms with Crippen molar-refractivity contribution in [3.05, 3.63) is 46.8 Å². The lowest BCUT2D eigenvalue weighted by molar-refractivity contribution is -0.138. The fraction of sp³-hybridized carbons (Fsp3) is 0.421. The van der Waals surface area contributed by atoms with Gasteiger partial charge in [0.1, 0.15) is 6.54 Å². The predicted octanol–water partition coefficient (Wildman–Crippen LogP) is 3.12. The maximum atomic E-state index is 12.9. The summed E-state index contributed by atoms with van der Waals surface area (Å²) in [7, 11) is 0. The van der Waals surface area contributed by atoms with Crippen molar-refractivity contribution in [2.75, 3.05) is 6.54 Å². The first kappa shape index (κ1) is 18.7. The van der Waals surface area contributed by atoms with E-state index in [0.29, 0.717) is 17.7 Å². The van der Waals surface area contributed by atoms with Crippen LogP contribution in [-0.2, 0) is 4.79 Å². The molecule has 0 bridgehead atoms. The lowest BCUT2D eigenvalue weighted by Crippen LogP contribution is -2.42. The number of aryl methyl sites for hydroxylation is 2. The van der Waals surface area contributed by atoms with Gasteiger partial charge < -0.3 is 10.0 Å². The third kappa shape index (κ3) is 3.90. The molecule has 0 fully saturated rings. The number of nitrogens with zero attached hydrogens (tertiary/aromatic N) is 3. The largest absolute Gasteiger partial charge is 0.480 e. The van der Waals surface area contributed by atoms with Crippen LogP contribution in [0.3, 0.4) is 0 Å². The van der Waals surface area contributed by atoms with Gasteiger partial charge in [-0.3, -0.25) is 9.59 Å². The van der Waals surface area contributed by atoms with Crippen molar-refractivity contribution in [2.45, 2.75) is 47.1 Å². The molecule has 6 heteroatoms. The number of carboxylic acid groups (broad SMARTS) is 1. The quantitative estimate of drug-likeness (QED) is 0.874. The Morgan fingerprint density at radius 1 is 1.28 bits per heavy atom. The molecular formula is C19H25N3O3. The molecule has 1 unspecified atom stereocenters. The molecule has 0 aliphatic rings. The molecule has 0 saturated carbocycles. The van der Waals surface area contributed by atoms with Crippen LogP contribution in [0.4, 0.5) is 0 Å². The summed E-state index contributed by atoms with van der Waals surface area (Å²) in [5.41, 5.74) is 4.22. The van der Waals surface area contributed by atoms with Crippen molar-refractivity contribution >= 4 is 11.9 Å². The normalized spacial score (nSPS) is 12.0. The van der Waals surface area contributed by atoms with E-state index in [1.807, 2.05) is 52.8 Å². The molecule has 2 rings (SSSR count). The molecule has 1 amide bonds. The van der Waals surface area contributed by atoms with E-state index in [-0.39, 0.29) is 18.5 Å². The van der Waals surface area contributed by atoms with E-state index in [4.69, 9.17) is 5.11 Å². The zero-order valence-corrected chi connectivity index (χ0v) is 15.4. The number of carbonyl (C=O) groups is 2. The molecule has 1 aromatic heterocycles. The Morgan fingerprint density at radius 2 is 1.96 bits per heavy atom. The highest BCUT2D eigenvalue weighted by Crippen LogP contribution is 2.21. The second kappa shape index (κ2) is 7.51. The predicted molar refractivity (Wildman–Crippen MR) is 96.2 cm³/mol. The number of hydrogen-bond donors (Lipinski definition) is 1. The average Bonchev–Trinajstić information content (AvgIpc) is 2.94. The lowest BCUT2D eigenvalue weighted by Gasteiger charge is -2.26. The molecular weight excluding hydrogens is 318 g/mol. The van der Waals surface area contributed by atoms with Crippen LogP contribution in [0, 0.1) is 20.8 Å². The summed E-state index contributed by atoms with van der Waals surface area (Å²) >= 11 is 0. The summed E-state index contributed by atoms with van der Waals surface area (Å²) in [6.07, 6.45) is 2.21. The summed E-state index contributed by atoms with van der Waals surface area (Å²) in [5, 5.41) is 13.5. The summed E-state index contributed by atoms with van der Waals surface area (Å²) < 4.78 is 1.74. The third-order valence-electron chi connectivity index (χ3n) is 4.52. The number of rotatable bonds is 6. The number of carbonyl (C=O) groups excluding carboxylic acids is 1. The van der Waals surface area contributed by atoms with E-state index in [1.165, 1.54) is 11.1 Å². The molecule has 0 aliphatic carbocycles. The van der Waals surface area contributed by atoms with Crippen LogP contribution in [0.1, 0.15) is 47.4 Å². The summed E-state index contributed by atoms with van der Waals surface area (Å²) in [6, 6.07) is 5.91. The Balaban J connectivity index is 2.43. The maximum absolute atomic E-state index is 12.9. The Morgan fingerprint density at radius 3 is 2.56 bits per heavy atom. The summed E-state index contributed by atoms with van der Waals surface area (Å²) in [5.74, 6) is -1.32. The number of aliphatic carboxylic acids is 1. The van der Waals surface area contributed by atoms with Crippen molar-refractivity contribution in [1.29, 1.82) is 0 Å². The van der Waals surface area contributed by atoms with Crippen LogP contribution >= 0.6 is 0 Å². The van der Waals surface area contributed by atoms with E-state index in [1.54, 1.807) is 4.68 Å². The van der Waals surface area contributed by atoms with Crippen molar-refractivity contribution in [3.63, 3.8) is 0 Å². The lowest BCUT2D eigenvalue weighted by atomic mass is 10.1. The molecule has 25 heavy (non-hydrogen) atoms. The second-order valence-corrected chi connectivity index (χ2v) is 6.43. The molecule has 134 valence electrons. The van der Waals surface area contributed by atoms with Gasteiger partial charge in [-0.05, 0) is 51.3 Å². The first-order chi connectivity index (χ1) is 11.8. The minimum absolute atomic E-state index is 0.160.